The number of nitrogens with zero attached hydrogens (tertiary/aromatic N) is 2. The quantitative estimate of drug-likeness (QED) is 0.332. The van der Waals surface area contributed by atoms with Crippen LogP contribution in [-0.2, 0) is 9.59 Å². The van der Waals surface area contributed by atoms with Crippen LogP contribution >= 0.6 is 0 Å². The monoisotopic (exact) mass is 446 g/mol. The maximum atomic E-state index is 13.5. The number of hydrogen-bond donors (Lipinski definition) is 1. The van der Waals surface area contributed by atoms with Crippen molar-refractivity contribution < 1.29 is 23.8 Å². The minimum atomic E-state index is -0.964. The molecule has 1 aromatic heterocycles. The molecule has 2 heterocycles. The zero-order chi connectivity index (χ0) is 23.5. The highest BCUT2D eigenvalue weighted by molar-refractivity contribution is 6.51. The lowest BCUT2D eigenvalue weighted by atomic mass is 9.98. The molecule has 0 aliphatic carbocycles. The third-order valence-corrected chi connectivity index (χ3v) is 5.23. The van der Waals surface area contributed by atoms with E-state index in [1.807, 2.05) is 13.8 Å². The maximum absolute atomic E-state index is 13.5. The summed E-state index contributed by atoms with van der Waals surface area (Å²) >= 11 is 0. The van der Waals surface area contributed by atoms with Crippen LogP contribution in [0.15, 0.2) is 78.5 Å². The number of rotatable bonds is 6. The minimum Gasteiger partial charge on any atom is -0.507 e. The predicted octanol–water partition coefficient (Wildman–Crippen LogP) is 4.88. The summed E-state index contributed by atoms with van der Waals surface area (Å²) in [6, 6.07) is 16.0. The first-order chi connectivity index (χ1) is 15.9. The number of ketones is 1. The Balaban J connectivity index is 1.79. The second-order valence-electron chi connectivity index (χ2n) is 8.13. The van der Waals surface area contributed by atoms with E-state index < -0.39 is 23.5 Å². The van der Waals surface area contributed by atoms with Crippen LogP contribution in [0.1, 0.15) is 31.1 Å². The van der Waals surface area contributed by atoms with Gasteiger partial charge in [-0.1, -0.05) is 19.9 Å². The fourth-order valence-corrected chi connectivity index (χ4v) is 3.65. The first kappa shape index (κ1) is 22.2. The van der Waals surface area contributed by atoms with Gasteiger partial charge in [0.2, 0.25) is 0 Å². The van der Waals surface area contributed by atoms with Gasteiger partial charge in [-0.3, -0.25) is 19.5 Å². The van der Waals surface area contributed by atoms with Crippen LogP contribution in [-0.4, -0.2) is 28.4 Å². The molecule has 0 radical (unpaired) electrons. The summed E-state index contributed by atoms with van der Waals surface area (Å²) in [6.45, 7) is 4.63. The molecule has 168 valence electrons. The molecule has 1 atom stereocenters. The number of aliphatic hydroxyl groups is 1. The molecule has 1 fully saturated rings. The molecule has 1 saturated heterocycles. The lowest BCUT2D eigenvalue weighted by Gasteiger charge is -2.24. The van der Waals surface area contributed by atoms with Crippen LogP contribution in [0.5, 0.6) is 5.75 Å². The van der Waals surface area contributed by atoms with Crippen molar-refractivity contribution >= 4 is 23.1 Å². The van der Waals surface area contributed by atoms with Crippen molar-refractivity contribution in [3.63, 3.8) is 0 Å². The SMILES string of the molecule is CC(C)COc1ccc(/C(O)=C2/C(=O)C(=O)N(c3ccc(F)cc3)C2c2ccccn2)cc1. The van der Waals surface area contributed by atoms with E-state index in [2.05, 4.69) is 4.98 Å². The van der Waals surface area contributed by atoms with E-state index >= 15 is 0 Å². The van der Waals surface area contributed by atoms with E-state index in [1.54, 1.807) is 48.7 Å². The Kier molecular flexibility index (Phi) is 6.22. The largest absolute Gasteiger partial charge is 0.507 e. The number of carbonyl (C=O) groups excluding carboxylic acids is 2. The van der Waals surface area contributed by atoms with Crippen molar-refractivity contribution in [2.75, 3.05) is 11.5 Å². The number of aliphatic hydroxyl groups excluding tert-OH is 1. The Morgan fingerprint density at radius 3 is 2.36 bits per heavy atom. The van der Waals surface area contributed by atoms with Crippen molar-refractivity contribution in [2.24, 2.45) is 5.92 Å². The molecular formula is C26H23FN2O4. The highest BCUT2D eigenvalue weighted by Gasteiger charge is 2.47. The van der Waals surface area contributed by atoms with Crippen molar-refractivity contribution in [1.29, 1.82) is 0 Å². The number of halogens is 1. The molecule has 7 heteroatoms. The van der Waals surface area contributed by atoms with Crippen LogP contribution in [0, 0.1) is 11.7 Å². The van der Waals surface area contributed by atoms with Crippen LogP contribution in [0.25, 0.3) is 5.76 Å². The number of benzene rings is 2. The summed E-state index contributed by atoms with van der Waals surface area (Å²) in [5.41, 5.74) is 1.01. The van der Waals surface area contributed by atoms with E-state index in [9.17, 15) is 19.1 Å². The maximum Gasteiger partial charge on any atom is 0.300 e. The molecule has 4 rings (SSSR count). The van der Waals surface area contributed by atoms with Gasteiger partial charge in [0.15, 0.2) is 0 Å². The summed E-state index contributed by atoms with van der Waals surface area (Å²) in [4.78, 5) is 31.6. The summed E-state index contributed by atoms with van der Waals surface area (Å²) in [7, 11) is 0. The Morgan fingerprint density at radius 1 is 1.06 bits per heavy atom. The van der Waals surface area contributed by atoms with Gasteiger partial charge >= 0.3 is 0 Å². The van der Waals surface area contributed by atoms with Crippen molar-refractivity contribution in [1.82, 2.24) is 4.98 Å². The Morgan fingerprint density at radius 2 is 1.76 bits per heavy atom. The smallest absolute Gasteiger partial charge is 0.300 e. The summed E-state index contributed by atoms with van der Waals surface area (Å²) in [6.07, 6.45) is 1.54. The normalized spacial score (nSPS) is 17.6. The molecular weight excluding hydrogens is 423 g/mol. The molecule has 0 spiro atoms. The van der Waals surface area contributed by atoms with E-state index in [0.717, 1.165) is 0 Å². The van der Waals surface area contributed by atoms with Gasteiger partial charge in [-0.2, -0.15) is 0 Å². The Labute approximate surface area is 191 Å². The number of Topliss-reactive ketones (excluding diaryl/α,β-unsaturated/α-hetero) is 1. The molecule has 2 aromatic carbocycles. The standard InChI is InChI=1S/C26H23FN2O4/c1-16(2)15-33-20-12-6-17(7-13-20)24(30)22-23(21-5-3-4-14-28-21)29(26(32)25(22)31)19-10-8-18(27)9-11-19/h3-14,16,23,30H,15H2,1-2H3/b24-22-. The van der Waals surface area contributed by atoms with E-state index in [0.29, 0.717) is 35.2 Å². The topological polar surface area (TPSA) is 79.7 Å². The predicted molar refractivity (Wildman–Crippen MR) is 122 cm³/mol. The van der Waals surface area contributed by atoms with Crippen LogP contribution < -0.4 is 9.64 Å². The molecule has 1 aliphatic rings. The molecule has 1 unspecified atom stereocenters. The molecule has 0 saturated carbocycles. The summed E-state index contributed by atoms with van der Waals surface area (Å²) in [5.74, 6) is -1.45. The molecule has 33 heavy (non-hydrogen) atoms. The third-order valence-electron chi connectivity index (χ3n) is 5.23. The number of amides is 1. The van der Waals surface area contributed by atoms with Crippen molar-refractivity contribution in [2.45, 2.75) is 19.9 Å². The second-order valence-corrected chi connectivity index (χ2v) is 8.13. The Hall–Kier alpha value is -4.00. The van der Waals surface area contributed by atoms with Gasteiger partial charge < -0.3 is 9.84 Å². The first-order valence-electron chi connectivity index (χ1n) is 10.6. The fraction of sp³-hybridized carbons (Fsp3) is 0.192. The van der Waals surface area contributed by atoms with Gasteiger partial charge in [-0.25, -0.2) is 4.39 Å². The molecule has 3 aromatic rings. The fourth-order valence-electron chi connectivity index (χ4n) is 3.65. The lowest BCUT2D eigenvalue weighted by Crippen LogP contribution is -2.29. The number of ether oxygens (including phenoxy) is 1. The summed E-state index contributed by atoms with van der Waals surface area (Å²) in [5, 5.41) is 11.1. The molecule has 1 N–H and O–H groups in total. The number of anilines is 1. The molecule has 1 amide bonds. The molecule has 1 aliphatic heterocycles. The number of aromatic nitrogens is 1. The van der Waals surface area contributed by atoms with Gasteiger partial charge in [-0.15, -0.1) is 0 Å². The van der Waals surface area contributed by atoms with E-state index in [-0.39, 0.29) is 11.3 Å². The lowest BCUT2D eigenvalue weighted by molar-refractivity contribution is -0.132. The Bertz CT molecular complexity index is 1190. The van der Waals surface area contributed by atoms with Gasteiger partial charge in [0.1, 0.15) is 23.4 Å². The van der Waals surface area contributed by atoms with Crippen LogP contribution in [0.2, 0.25) is 0 Å². The average Bonchev–Trinajstić information content (AvgIpc) is 3.09. The van der Waals surface area contributed by atoms with Crippen LogP contribution in [0.3, 0.4) is 0 Å². The third kappa shape index (κ3) is 4.48. The van der Waals surface area contributed by atoms with Crippen molar-refractivity contribution in [3.05, 3.63) is 95.6 Å². The first-order valence-corrected chi connectivity index (χ1v) is 10.6. The molecule has 0 bridgehead atoms. The summed E-state index contributed by atoms with van der Waals surface area (Å²) < 4.78 is 19.2. The molecule has 6 nitrogen and oxygen atoms in total. The van der Waals surface area contributed by atoms with E-state index in [4.69, 9.17) is 4.74 Å². The number of pyridine rings is 1. The second kappa shape index (κ2) is 9.24. The highest BCUT2D eigenvalue weighted by Crippen LogP contribution is 2.41. The van der Waals surface area contributed by atoms with Gasteiger partial charge in [0.25, 0.3) is 11.7 Å². The highest BCUT2D eigenvalue weighted by atomic mass is 19.1. The number of carbonyl (C=O) groups is 2. The number of hydrogen-bond acceptors (Lipinski definition) is 5. The van der Waals surface area contributed by atoms with Crippen LogP contribution in [0.4, 0.5) is 10.1 Å². The van der Waals surface area contributed by atoms with Gasteiger partial charge in [0.05, 0.1) is 17.9 Å². The van der Waals surface area contributed by atoms with Gasteiger partial charge in [-0.05, 0) is 66.6 Å². The zero-order valence-corrected chi connectivity index (χ0v) is 18.2. The average molecular weight is 446 g/mol. The minimum absolute atomic E-state index is 0.0844. The van der Waals surface area contributed by atoms with E-state index in [1.165, 1.54) is 29.2 Å². The zero-order valence-electron chi connectivity index (χ0n) is 18.2. The van der Waals surface area contributed by atoms with Gasteiger partial charge in [0, 0.05) is 17.4 Å². The van der Waals surface area contributed by atoms with Crippen molar-refractivity contribution in [3.8, 4) is 5.75 Å².